The third-order valence-electron chi connectivity index (χ3n) is 4.21. The van der Waals surface area contributed by atoms with E-state index in [1.165, 1.54) is 23.1 Å². The number of aromatic amines is 1. The first-order chi connectivity index (χ1) is 13.2. The molecule has 1 atom stereocenters. The fourth-order valence-electron chi connectivity index (χ4n) is 2.94. The second-order valence-corrected chi connectivity index (χ2v) is 6.21. The molecule has 1 aromatic carbocycles. The number of aromatic nitrogens is 4. The number of rotatable bonds is 5. The molecule has 10 heteroatoms. The van der Waals surface area contributed by atoms with E-state index in [1.807, 2.05) is 0 Å². The molecule has 0 aliphatic rings. The van der Waals surface area contributed by atoms with Crippen molar-refractivity contribution in [1.29, 1.82) is 0 Å². The van der Waals surface area contributed by atoms with Crippen LogP contribution in [0.1, 0.15) is 34.9 Å². The summed E-state index contributed by atoms with van der Waals surface area (Å²) in [5.41, 5.74) is -0.986. The molecule has 2 N–H and O–H groups in total. The minimum Gasteiger partial charge on any atom is -0.396 e. The van der Waals surface area contributed by atoms with Gasteiger partial charge in [0, 0.05) is 24.8 Å². The number of benzene rings is 1. The highest BCUT2D eigenvalue weighted by Crippen LogP contribution is 2.34. The summed E-state index contributed by atoms with van der Waals surface area (Å²) in [4.78, 5) is 18.2. The van der Waals surface area contributed by atoms with Gasteiger partial charge in [-0.15, -0.1) is 0 Å². The fraction of sp³-hybridized carbons (Fsp3) is 0.278. The lowest BCUT2D eigenvalue weighted by atomic mass is 9.89. The highest BCUT2D eigenvalue weighted by molar-refractivity contribution is 5.35. The normalized spacial score (nSPS) is 12.9. The molecular formula is C18H16F4N4O2. The van der Waals surface area contributed by atoms with E-state index in [4.69, 9.17) is 0 Å². The summed E-state index contributed by atoms with van der Waals surface area (Å²) < 4.78 is 54.0. The number of aryl methyl sites for hydroxylation is 1. The minimum atomic E-state index is -4.65. The number of halogens is 4. The van der Waals surface area contributed by atoms with Gasteiger partial charge in [0.25, 0.3) is 5.56 Å². The Morgan fingerprint density at radius 3 is 2.64 bits per heavy atom. The van der Waals surface area contributed by atoms with Crippen molar-refractivity contribution in [3.05, 3.63) is 75.3 Å². The third-order valence-corrected chi connectivity index (χ3v) is 4.21. The Labute approximate surface area is 156 Å². The van der Waals surface area contributed by atoms with E-state index in [9.17, 15) is 27.5 Å². The van der Waals surface area contributed by atoms with Crippen LogP contribution >= 0.6 is 0 Å². The summed E-state index contributed by atoms with van der Waals surface area (Å²) in [7, 11) is 0. The Bertz CT molecular complexity index is 1040. The van der Waals surface area contributed by atoms with Crippen LogP contribution in [0.3, 0.4) is 0 Å². The molecule has 6 nitrogen and oxygen atoms in total. The lowest BCUT2D eigenvalue weighted by molar-refractivity contribution is -0.137. The molecule has 0 aliphatic heterocycles. The number of hydrogen-bond donors (Lipinski definition) is 2. The van der Waals surface area contributed by atoms with Gasteiger partial charge in [0.2, 0.25) is 0 Å². The monoisotopic (exact) mass is 396 g/mol. The van der Waals surface area contributed by atoms with Gasteiger partial charge in [-0.3, -0.25) is 4.79 Å². The van der Waals surface area contributed by atoms with Crippen LogP contribution in [0.25, 0.3) is 5.82 Å². The molecule has 0 fully saturated rings. The van der Waals surface area contributed by atoms with E-state index in [2.05, 4.69) is 15.1 Å². The van der Waals surface area contributed by atoms with Crippen LogP contribution in [-0.2, 0) is 6.18 Å². The summed E-state index contributed by atoms with van der Waals surface area (Å²) in [5, 5.41) is 13.4. The van der Waals surface area contributed by atoms with E-state index in [-0.39, 0.29) is 30.0 Å². The lowest BCUT2D eigenvalue weighted by Gasteiger charge is -2.17. The zero-order valence-electron chi connectivity index (χ0n) is 14.7. The largest absolute Gasteiger partial charge is 0.416 e. The first-order valence-electron chi connectivity index (χ1n) is 8.29. The zero-order chi connectivity index (χ0) is 20.5. The smallest absolute Gasteiger partial charge is 0.396 e. The first-order valence-corrected chi connectivity index (χ1v) is 8.29. The van der Waals surface area contributed by atoms with Crippen molar-refractivity contribution in [3.63, 3.8) is 0 Å². The Morgan fingerprint density at radius 1 is 1.29 bits per heavy atom. The number of alkyl halides is 3. The summed E-state index contributed by atoms with van der Waals surface area (Å²) in [6, 6.07) is 3.52. The maximum atomic E-state index is 14.4. The second-order valence-electron chi connectivity index (χ2n) is 6.21. The molecule has 0 saturated carbocycles. The van der Waals surface area contributed by atoms with Crippen molar-refractivity contribution in [2.75, 3.05) is 6.61 Å². The molecule has 1 unspecified atom stereocenters. The summed E-state index contributed by atoms with van der Waals surface area (Å²) in [5.74, 6) is -1.13. The van der Waals surface area contributed by atoms with Crippen LogP contribution in [0.2, 0.25) is 0 Å². The molecular weight excluding hydrogens is 380 g/mol. The van der Waals surface area contributed by atoms with Crippen molar-refractivity contribution < 1.29 is 22.7 Å². The average Bonchev–Trinajstić information content (AvgIpc) is 3.08. The molecule has 0 saturated heterocycles. The third kappa shape index (κ3) is 4.11. The predicted octanol–water partition coefficient (Wildman–Crippen LogP) is 2.94. The van der Waals surface area contributed by atoms with Crippen molar-refractivity contribution in [2.24, 2.45) is 0 Å². The van der Waals surface area contributed by atoms with Gasteiger partial charge in [-0.2, -0.15) is 18.3 Å². The van der Waals surface area contributed by atoms with Gasteiger partial charge >= 0.3 is 6.18 Å². The number of hydrogen-bond acceptors (Lipinski definition) is 4. The van der Waals surface area contributed by atoms with Crippen LogP contribution in [0.5, 0.6) is 0 Å². The quantitative estimate of drug-likeness (QED) is 0.650. The van der Waals surface area contributed by atoms with E-state index in [1.54, 1.807) is 6.92 Å². The standard InChI is InChI=1S/C18H16F4N4O2/c1-10-24-16(7-17(28)25-10)26-9-11(8-23-26)13(4-5-27)14-3-2-12(6-15(14)19)18(20,21)22/h2-3,6-9,13,27H,4-5H2,1H3,(H,24,25,28). The molecule has 0 bridgehead atoms. The molecule has 0 amide bonds. The predicted molar refractivity (Wildman–Crippen MR) is 91.7 cm³/mol. The molecule has 148 valence electrons. The molecule has 28 heavy (non-hydrogen) atoms. The van der Waals surface area contributed by atoms with Gasteiger partial charge in [-0.25, -0.2) is 14.1 Å². The topological polar surface area (TPSA) is 83.8 Å². The number of nitrogens with zero attached hydrogens (tertiary/aromatic N) is 3. The van der Waals surface area contributed by atoms with Gasteiger partial charge in [-0.1, -0.05) is 6.07 Å². The first kappa shape index (κ1) is 19.7. The Hall–Kier alpha value is -3.01. The summed E-state index contributed by atoms with van der Waals surface area (Å²) >= 11 is 0. The molecule has 2 aromatic heterocycles. The lowest BCUT2D eigenvalue weighted by Crippen LogP contribution is -2.12. The molecule has 0 spiro atoms. The van der Waals surface area contributed by atoms with Crippen LogP contribution < -0.4 is 5.56 Å². The van der Waals surface area contributed by atoms with E-state index in [0.29, 0.717) is 17.5 Å². The number of aliphatic hydroxyl groups excluding tert-OH is 1. The van der Waals surface area contributed by atoms with Crippen LogP contribution in [0.4, 0.5) is 17.6 Å². The van der Waals surface area contributed by atoms with Gasteiger partial charge in [0.05, 0.1) is 11.8 Å². The number of nitrogens with one attached hydrogen (secondary N) is 1. The van der Waals surface area contributed by atoms with E-state index < -0.39 is 23.5 Å². The zero-order valence-corrected chi connectivity index (χ0v) is 14.7. The van der Waals surface area contributed by atoms with Gasteiger partial charge in [0.15, 0.2) is 5.82 Å². The van der Waals surface area contributed by atoms with Crippen molar-refractivity contribution in [1.82, 2.24) is 19.7 Å². The molecule has 3 aromatic rings. The van der Waals surface area contributed by atoms with Crippen molar-refractivity contribution >= 4 is 0 Å². The molecule has 0 radical (unpaired) electrons. The average molecular weight is 396 g/mol. The molecule has 2 heterocycles. The van der Waals surface area contributed by atoms with Crippen LogP contribution in [-0.4, -0.2) is 31.5 Å². The Balaban J connectivity index is 2.00. The van der Waals surface area contributed by atoms with Gasteiger partial charge in [0.1, 0.15) is 11.6 Å². The van der Waals surface area contributed by atoms with Crippen LogP contribution in [0.15, 0.2) is 41.5 Å². The molecule has 0 aliphatic carbocycles. The second kappa shape index (κ2) is 7.55. The van der Waals surface area contributed by atoms with Crippen LogP contribution in [0, 0.1) is 12.7 Å². The van der Waals surface area contributed by atoms with E-state index in [0.717, 1.165) is 12.1 Å². The molecule has 3 rings (SSSR count). The SMILES string of the molecule is Cc1nc(-n2cc(C(CCO)c3ccc(C(F)(F)F)cc3F)cn2)cc(=O)[nH]1. The summed E-state index contributed by atoms with van der Waals surface area (Å²) in [6.07, 6.45) is -1.68. The fourth-order valence-corrected chi connectivity index (χ4v) is 2.94. The number of H-pyrrole nitrogens is 1. The maximum absolute atomic E-state index is 14.4. The summed E-state index contributed by atoms with van der Waals surface area (Å²) in [6.45, 7) is 1.29. The van der Waals surface area contributed by atoms with Crippen molar-refractivity contribution in [2.45, 2.75) is 25.4 Å². The highest BCUT2D eigenvalue weighted by atomic mass is 19.4. The Kier molecular flexibility index (Phi) is 5.32. The van der Waals surface area contributed by atoms with Gasteiger partial charge in [-0.05, 0) is 36.6 Å². The Morgan fingerprint density at radius 2 is 2.04 bits per heavy atom. The van der Waals surface area contributed by atoms with Crippen molar-refractivity contribution in [3.8, 4) is 5.82 Å². The number of aliphatic hydroxyl groups is 1. The minimum absolute atomic E-state index is 0.0108. The van der Waals surface area contributed by atoms with E-state index >= 15 is 0 Å². The maximum Gasteiger partial charge on any atom is 0.416 e. The van der Waals surface area contributed by atoms with Gasteiger partial charge < -0.3 is 10.1 Å². The highest BCUT2D eigenvalue weighted by Gasteiger charge is 2.32.